The summed E-state index contributed by atoms with van der Waals surface area (Å²) >= 11 is 0. The molecule has 0 atom stereocenters. The SMILES string of the molecule is CCn1ccc(CNCc2nn[nH]n2)c1. The highest BCUT2D eigenvalue weighted by molar-refractivity contribution is 5.09. The van der Waals surface area contributed by atoms with E-state index in [-0.39, 0.29) is 0 Å². The third-order valence-electron chi connectivity index (χ3n) is 2.18. The van der Waals surface area contributed by atoms with E-state index in [1.165, 1.54) is 5.56 Å². The number of H-pyrrole nitrogens is 1. The molecule has 0 saturated heterocycles. The van der Waals surface area contributed by atoms with Gasteiger partial charge in [-0.15, -0.1) is 10.2 Å². The van der Waals surface area contributed by atoms with Crippen molar-refractivity contribution < 1.29 is 0 Å². The Kier molecular flexibility index (Phi) is 3.08. The zero-order valence-corrected chi connectivity index (χ0v) is 8.64. The molecule has 80 valence electrons. The second-order valence-corrected chi connectivity index (χ2v) is 3.28. The molecule has 0 spiro atoms. The zero-order valence-electron chi connectivity index (χ0n) is 8.64. The molecule has 6 heteroatoms. The molecule has 0 saturated carbocycles. The molecule has 0 unspecified atom stereocenters. The van der Waals surface area contributed by atoms with Crippen LogP contribution in [0, 0.1) is 0 Å². The summed E-state index contributed by atoms with van der Waals surface area (Å²) in [6.07, 6.45) is 4.20. The van der Waals surface area contributed by atoms with Crippen molar-refractivity contribution in [1.29, 1.82) is 0 Å². The van der Waals surface area contributed by atoms with Crippen LogP contribution in [0.1, 0.15) is 18.3 Å². The van der Waals surface area contributed by atoms with Gasteiger partial charge in [0, 0.05) is 25.5 Å². The predicted octanol–water partition coefficient (Wildman–Crippen LogP) is 0.311. The van der Waals surface area contributed by atoms with E-state index in [1.807, 2.05) is 0 Å². The smallest absolute Gasteiger partial charge is 0.188 e. The average molecular weight is 206 g/mol. The number of aromatic nitrogens is 5. The lowest BCUT2D eigenvalue weighted by molar-refractivity contribution is 0.661. The van der Waals surface area contributed by atoms with Crippen molar-refractivity contribution in [3.05, 3.63) is 29.8 Å². The first-order valence-electron chi connectivity index (χ1n) is 4.96. The van der Waals surface area contributed by atoms with E-state index < -0.39 is 0 Å². The summed E-state index contributed by atoms with van der Waals surface area (Å²) in [6.45, 7) is 4.58. The molecule has 2 N–H and O–H groups in total. The molecular formula is C9H14N6. The molecule has 0 aromatic carbocycles. The van der Waals surface area contributed by atoms with Gasteiger partial charge in [0.15, 0.2) is 5.82 Å². The molecule has 2 rings (SSSR count). The van der Waals surface area contributed by atoms with E-state index in [0.717, 1.165) is 13.1 Å². The van der Waals surface area contributed by atoms with Crippen molar-refractivity contribution in [3.8, 4) is 0 Å². The average Bonchev–Trinajstić information content (AvgIpc) is 2.88. The summed E-state index contributed by atoms with van der Waals surface area (Å²) in [7, 11) is 0. The molecule has 0 radical (unpaired) electrons. The Bertz CT molecular complexity index is 390. The largest absolute Gasteiger partial charge is 0.354 e. The first-order valence-corrected chi connectivity index (χ1v) is 4.96. The summed E-state index contributed by atoms with van der Waals surface area (Å²) in [5, 5.41) is 16.9. The molecule has 0 bridgehead atoms. The minimum atomic E-state index is 0.633. The van der Waals surface area contributed by atoms with Gasteiger partial charge in [-0.25, -0.2) is 0 Å². The first kappa shape index (κ1) is 9.85. The molecule has 0 aliphatic heterocycles. The Morgan fingerprint density at radius 1 is 1.47 bits per heavy atom. The molecule has 2 aromatic heterocycles. The fraction of sp³-hybridized carbons (Fsp3) is 0.444. The van der Waals surface area contributed by atoms with Crippen molar-refractivity contribution in [2.45, 2.75) is 26.6 Å². The van der Waals surface area contributed by atoms with Gasteiger partial charge < -0.3 is 9.88 Å². The van der Waals surface area contributed by atoms with Gasteiger partial charge in [0.25, 0.3) is 0 Å². The molecule has 0 fully saturated rings. The lowest BCUT2D eigenvalue weighted by Gasteiger charge is -1.98. The number of hydrogen-bond donors (Lipinski definition) is 2. The van der Waals surface area contributed by atoms with Crippen LogP contribution in [0.5, 0.6) is 0 Å². The van der Waals surface area contributed by atoms with Gasteiger partial charge in [0.05, 0.1) is 6.54 Å². The molecule has 6 nitrogen and oxygen atoms in total. The van der Waals surface area contributed by atoms with Gasteiger partial charge in [-0.05, 0) is 18.6 Å². The van der Waals surface area contributed by atoms with E-state index >= 15 is 0 Å². The van der Waals surface area contributed by atoms with E-state index in [0.29, 0.717) is 12.4 Å². The van der Waals surface area contributed by atoms with Crippen LogP contribution in [0.4, 0.5) is 0 Å². The second-order valence-electron chi connectivity index (χ2n) is 3.28. The normalized spacial score (nSPS) is 10.7. The Morgan fingerprint density at radius 3 is 3.07 bits per heavy atom. The highest BCUT2D eigenvalue weighted by Gasteiger charge is 1.98. The first-order chi connectivity index (χ1) is 7.38. The third-order valence-corrected chi connectivity index (χ3v) is 2.18. The van der Waals surface area contributed by atoms with Crippen molar-refractivity contribution in [2.75, 3.05) is 0 Å². The second kappa shape index (κ2) is 4.70. The van der Waals surface area contributed by atoms with Gasteiger partial charge in [-0.3, -0.25) is 0 Å². The lowest BCUT2D eigenvalue weighted by Crippen LogP contribution is -2.13. The summed E-state index contributed by atoms with van der Waals surface area (Å²) in [5.74, 6) is 0.685. The van der Waals surface area contributed by atoms with Crippen LogP contribution < -0.4 is 5.32 Å². The van der Waals surface area contributed by atoms with Crippen LogP contribution in [0.25, 0.3) is 0 Å². The summed E-state index contributed by atoms with van der Waals surface area (Å²) < 4.78 is 2.14. The predicted molar refractivity (Wildman–Crippen MR) is 54.8 cm³/mol. The van der Waals surface area contributed by atoms with Crippen LogP contribution in [0.2, 0.25) is 0 Å². The highest BCUT2D eigenvalue weighted by Crippen LogP contribution is 2.00. The van der Waals surface area contributed by atoms with Crippen LogP contribution in [-0.2, 0) is 19.6 Å². The zero-order chi connectivity index (χ0) is 10.5. The molecule has 0 aliphatic rings. The lowest BCUT2D eigenvalue weighted by atomic mass is 10.3. The molecule has 0 aliphatic carbocycles. The van der Waals surface area contributed by atoms with Gasteiger partial charge in [-0.1, -0.05) is 5.21 Å². The molecule has 2 aromatic rings. The van der Waals surface area contributed by atoms with Gasteiger partial charge in [0.2, 0.25) is 0 Å². The fourth-order valence-corrected chi connectivity index (χ4v) is 1.37. The number of aryl methyl sites for hydroxylation is 1. The quantitative estimate of drug-likeness (QED) is 0.738. The van der Waals surface area contributed by atoms with Gasteiger partial charge in [-0.2, -0.15) is 5.21 Å². The van der Waals surface area contributed by atoms with E-state index in [9.17, 15) is 0 Å². The fourth-order valence-electron chi connectivity index (χ4n) is 1.37. The van der Waals surface area contributed by atoms with Crippen LogP contribution in [-0.4, -0.2) is 25.2 Å². The maximum Gasteiger partial charge on any atom is 0.188 e. The van der Waals surface area contributed by atoms with Crippen molar-refractivity contribution in [1.82, 2.24) is 30.5 Å². The number of nitrogens with one attached hydrogen (secondary N) is 2. The number of tetrazole rings is 1. The van der Waals surface area contributed by atoms with Crippen LogP contribution in [0.3, 0.4) is 0 Å². The Morgan fingerprint density at radius 2 is 2.40 bits per heavy atom. The maximum absolute atomic E-state index is 3.85. The maximum atomic E-state index is 3.85. The third kappa shape index (κ3) is 2.63. The topological polar surface area (TPSA) is 71.4 Å². The molecular weight excluding hydrogens is 192 g/mol. The van der Waals surface area contributed by atoms with Gasteiger partial charge >= 0.3 is 0 Å². The monoisotopic (exact) mass is 206 g/mol. The Balaban J connectivity index is 1.78. The number of rotatable bonds is 5. The standard InChI is InChI=1S/C9H14N6/c1-2-15-4-3-8(7-15)5-10-6-9-11-13-14-12-9/h3-4,7,10H,2,5-6H2,1H3,(H,11,12,13,14). The number of hydrogen-bond acceptors (Lipinski definition) is 4. The molecule has 2 heterocycles. The van der Waals surface area contributed by atoms with Crippen LogP contribution >= 0.6 is 0 Å². The van der Waals surface area contributed by atoms with Crippen molar-refractivity contribution in [3.63, 3.8) is 0 Å². The summed E-state index contributed by atoms with van der Waals surface area (Å²) in [5.41, 5.74) is 1.26. The molecule has 15 heavy (non-hydrogen) atoms. The van der Waals surface area contributed by atoms with Crippen LogP contribution in [0.15, 0.2) is 18.5 Å². The summed E-state index contributed by atoms with van der Waals surface area (Å²) in [6, 6.07) is 2.10. The van der Waals surface area contributed by atoms with E-state index in [4.69, 9.17) is 0 Å². The highest BCUT2D eigenvalue weighted by atomic mass is 15.5. The molecule has 0 amide bonds. The Labute approximate surface area is 87.7 Å². The Hall–Kier alpha value is -1.69. The number of aromatic amines is 1. The van der Waals surface area contributed by atoms with Crippen molar-refractivity contribution >= 4 is 0 Å². The van der Waals surface area contributed by atoms with E-state index in [1.54, 1.807) is 0 Å². The minimum absolute atomic E-state index is 0.633. The van der Waals surface area contributed by atoms with E-state index in [2.05, 4.69) is 55.9 Å². The minimum Gasteiger partial charge on any atom is -0.354 e. The summed E-state index contributed by atoms with van der Waals surface area (Å²) in [4.78, 5) is 0. The number of nitrogens with zero attached hydrogens (tertiary/aromatic N) is 4. The van der Waals surface area contributed by atoms with Crippen molar-refractivity contribution in [2.24, 2.45) is 0 Å². The van der Waals surface area contributed by atoms with Gasteiger partial charge in [0.1, 0.15) is 0 Å².